The number of para-hydroxylation sites is 1. The topological polar surface area (TPSA) is 30.0 Å². The molecular formula is C18H20NOPS. The fraction of sp³-hybridized carbons (Fsp3) is 0.278. The van der Waals surface area contributed by atoms with Crippen LogP contribution in [0.2, 0.25) is 0 Å². The Morgan fingerprint density at radius 1 is 1.05 bits per heavy atom. The highest BCUT2D eigenvalue weighted by atomic mass is 32.1. The first-order valence-electron chi connectivity index (χ1n) is 7.58. The van der Waals surface area contributed by atoms with Crippen molar-refractivity contribution in [3.63, 3.8) is 0 Å². The lowest BCUT2D eigenvalue weighted by Gasteiger charge is -2.22. The van der Waals surface area contributed by atoms with Crippen LogP contribution in [0.5, 0.6) is 0 Å². The van der Waals surface area contributed by atoms with Crippen LogP contribution in [0.4, 0.5) is 0 Å². The molecule has 2 aromatic carbocycles. The van der Waals surface area contributed by atoms with Crippen LogP contribution in [0, 0.1) is 0 Å². The molecule has 0 saturated carbocycles. The lowest BCUT2D eigenvalue weighted by Crippen LogP contribution is -2.16. The maximum atomic E-state index is 13.5. The van der Waals surface area contributed by atoms with Crippen molar-refractivity contribution >= 4 is 34.0 Å². The van der Waals surface area contributed by atoms with Crippen molar-refractivity contribution in [2.45, 2.75) is 25.9 Å². The number of aromatic nitrogens is 1. The van der Waals surface area contributed by atoms with E-state index in [0.29, 0.717) is 6.16 Å². The third kappa shape index (κ3) is 3.02. The average Bonchev–Trinajstić information content (AvgIpc) is 2.96. The number of hydrogen-bond acceptors (Lipinski definition) is 3. The molecule has 0 unspecified atom stereocenters. The van der Waals surface area contributed by atoms with Crippen molar-refractivity contribution in [3.05, 3.63) is 59.6 Å². The van der Waals surface area contributed by atoms with Gasteiger partial charge in [-0.2, -0.15) is 0 Å². The predicted molar refractivity (Wildman–Crippen MR) is 97.0 cm³/mol. The van der Waals surface area contributed by atoms with Gasteiger partial charge in [0.15, 0.2) is 0 Å². The lowest BCUT2D eigenvalue weighted by molar-refractivity contribution is 0.574. The molecular weight excluding hydrogens is 309 g/mol. The Hall–Kier alpha value is -1.44. The Kier molecular flexibility index (Phi) is 4.46. The van der Waals surface area contributed by atoms with Crippen LogP contribution in [0.1, 0.15) is 18.9 Å². The molecule has 1 aromatic heterocycles. The fourth-order valence-corrected chi connectivity index (χ4v) is 6.36. The zero-order valence-electron chi connectivity index (χ0n) is 12.9. The molecule has 0 aliphatic carbocycles. The van der Waals surface area contributed by atoms with Gasteiger partial charge in [0.2, 0.25) is 0 Å². The lowest BCUT2D eigenvalue weighted by atomic mass is 10.3. The molecule has 22 heavy (non-hydrogen) atoms. The van der Waals surface area contributed by atoms with Crippen molar-refractivity contribution in [2.75, 3.05) is 6.16 Å². The second kappa shape index (κ2) is 6.36. The number of fused-ring (bicyclic) bond motifs is 1. The van der Waals surface area contributed by atoms with Gasteiger partial charge in [0.1, 0.15) is 7.14 Å². The van der Waals surface area contributed by atoms with Gasteiger partial charge in [0.25, 0.3) is 0 Å². The summed E-state index contributed by atoms with van der Waals surface area (Å²) in [5.41, 5.74) is 1.20. The molecule has 0 aliphatic heterocycles. The highest BCUT2D eigenvalue weighted by molar-refractivity contribution is 7.72. The Bertz CT molecular complexity index is 777. The highest BCUT2D eigenvalue weighted by Gasteiger charge is 2.28. The maximum Gasteiger partial charge on any atom is 0.118 e. The van der Waals surface area contributed by atoms with Gasteiger partial charge in [-0.3, -0.25) is 0 Å². The van der Waals surface area contributed by atoms with E-state index in [9.17, 15) is 4.57 Å². The number of thiazole rings is 1. The SMILES string of the molecule is CC(C)[P@@](=O)(CCc1nc2ccccc2s1)c1ccccc1. The van der Waals surface area contributed by atoms with E-state index in [1.807, 2.05) is 48.5 Å². The van der Waals surface area contributed by atoms with Crippen LogP contribution >= 0.6 is 18.5 Å². The number of benzene rings is 2. The summed E-state index contributed by atoms with van der Waals surface area (Å²) < 4.78 is 14.7. The summed E-state index contributed by atoms with van der Waals surface area (Å²) in [6.07, 6.45) is 1.47. The molecule has 0 bridgehead atoms. The van der Waals surface area contributed by atoms with Gasteiger partial charge in [0, 0.05) is 23.5 Å². The maximum absolute atomic E-state index is 13.5. The summed E-state index contributed by atoms with van der Waals surface area (Å²) in [6, 6.07) is 18.1. The molecule has 1 atom stereocenters. The molecule has 0 fully saturated rings. The molecule has 0 amide bonds. The van der Waals surface area contributed by atoms with Gasteiger partial charge >= 0.3 is 0 Å². The van der Waals surface area contributed by atoms with Gasteiger partial charge in [-0.25, -0.2) is 4.98 Å². The monoisotopic (exact) mass is 329 g/mol. The largest absolute Gasteiger partial charge is 0.318 e. The minimum Gasteiger partial charge on any atom is -0.318 e. The molecule has 2 nitrogen and oxygen atoms in total. The fourth-order valence-electron chi connectivity index (χ4n) is 2.65. The quantitative estimate of drug-likeness (QED) is 0.621. The van der Waals surface area contributed by atoms with Crippen LogP contribution in [-0.4, -0.2) is 16.8 Å². The molecule has 0 aliphatic rings. The van der Waals surface area contributed by atoms with Crippen LogP contribution in [0.3, 0.4) is 0 Å². The second-order valence-electron chi connectivity index (χ2n) is 5.77. The Morgan fingerprint density at radius 3 is 2.41 bits per heavy atom. The van der Waals surface area contributed by atoms with Crippen molar-refractivity contribution in [2.24, 2.45) is 0 Å². The van der Waals surface area contributed by atoms with E-state index >= 15 is 0 Å². The van der Waals surface area contributed by atoms with E-state index in [1.165, 1.54) is 4.70 Å². The minimum absolute atomic E-state index is 0.157. The van der Waals surface area contributed by atoms with Crippen molar-refractivity contribution in [1.29, 1.82) is 0 Å². The van der Waals surface area contributed by atoms with Crippen molar-refractivity contribution in [1.82, 2.24) is 4.98 Å². The van der Waals surface area contributed by atoms with Gasteiger partial charge in [-0.15, -0.1) is 11.3 Å². The van der Waals surface area contributed by atoms with E-state index in [1.54, 1.807) is 11.3 Å². The number of aryl methyl sites for hydroxylation is 1. The second-order valence-corrected chi connectivity index (χ2v) is 10.5. The number of hydrogen-bond donors (Lipinski definition) is 0. The zero-order valence-corrected chi connectivity index (χ0v) is 14.6. The molecule has 1 heterocycles. The first-order chi connectivity index (χ1) is 10.6. The highest BCUT2D eigenvalue weighted by Crippen LogP contribution is 2.49. The van der Waals surface area contributed by atoms with Crippen molar-refractivity contribution < 1.29 is 4.57 Å². The smallest absolute Gasteiger partial charge is 0.118 e. The van der Waals surface area contributed by atoms with E-state index in [-0.39, 0.29) is 5.66 Å². The summed E-state index contributed by atoms with van der Waals surface area (Å²) in [7, 11) is -2.39. The first-order valence-corrected chi connectivity index (χ1v) is 10.4. The Balaban J connectivity index is 1.84. The van der Waals surface area contributed by atoms with Crippen molar-refractivity contribution in [3.8, 4) is 0 Å². The third-order valence-corrected chi connectivity index (χ3v) is 8.85. The van der Waals surface area contributed by atoms with E-state index in [2.05, 4.69) is 24.9 Å². The zero-order chi connectivity index (χ0) is 15.6. The molecule has 4 heteroatoms. The molecule has 114 valence electrons. The molecule has 3 aromatic rings. The summed E-state index contributed by atoms with van der Waals surface area (Å²) in [5.74, 6) is 0. The third-order valence-electron chi connectivity index (χ3n) is 4.02. The molecule has 0 radical (unpaired) electrons. The average molecular weight is 329 g/mol. The summed E-state index contributed by atoms with van der Waals surface area (Å²) in [4.78, 5) is 4.67. The molecule has 0 N–H and O–H groups in total. The summed E-state index contributed by atoms with van der Waals surface area (Å²) in [6.45, 7) is 4.12. The number of rotatable bonds is 5. The van der Waals surface area contributed by atoms with Crippen LogP contribution in [0.15, 0.2) is 54.6 Å². The van der Waals surface area contributed by atoms with Gasteiger partial charge in [0.05, 0.1) is 15.2 Å². The molecule has 0 spiro atoms. The van der Waals surface area contributed by atoms with Gasteiger partial charge in [-0.05, 0) is 12.1 Å². The normalized spacial score (nSPS) is 14.3. The molecule has 0 saturated heterocycles. The van der Waals surface area contributed by atoms with E-state index < -0.39 is 7.14 Å². The summed E-state index contributed by atoms with van der Waals surface area (Å²) >= 11 is 1.71. The van der Waals surface area contributed by atoms with Gasteiger partial charge in [-0.1, -0.05) is 56.3 Å². The molecule has 3 rings (SSSR count). The van der Waals surface area contributed by atoms with Crippen LogP contribution < -0.4 is 5.30 Å². The van der Waals surface area contributed by atoms with E-state index in [0.717, 1.165) is 22.2 Å². The Morgan fingerprint density at radius 2 is 1.73 bits per heavy atom. The Labute approximate surface area is 135 Å². The minimum atomic E-state index is -2.39. The first kappa shape index (κ1) is 15.5. The number of nitrogens with zero attached hydrogens (tertiary/aromatic N) is 1. The van der Waals surface area contributed by atoms with Crippen LogP contribution in [-0.2, 0) is 11.0 Å². The van der Waals surface area contributed by atoms with E-state index in [4.69, 9.17) is 0 Å². The predicted octanol–water partition coefficient (Wildman–Crippen LogP) is 4.94. The van der Waals surface area contributed by atoms with Crippen LogP contribution in [0.25, 0.3) is 10.2 Å². The summed E-state index contributed by atoms with van der Waals surface area (Å²) in [5, 5.41) is 2.07. The standard InChI is InChI=1S/C18H20NOPS/c1-14(2)21(20,15-8-4-3-5-9-15)13-12-18-19-16-10-6-7-11-17(16)22-18/h3-11,14H,12-13H2,1-2H3/t21-/m0/s1. The van der Waals surface area contributed by atoms with Gasteiger partial charge < -0.3 is 4.57 Å².